The average Bonchev–Trinajstić information content (AvgIpc) is 2.73. The van der Waals surface area contributed by atoms with Crippen LogP contribution >= 0.6 is 22.9 Å². The molecule has 1 N–H and O–H groups in total. The third-order valence-corrected chi connectivity index (χ3v) is 3.68. The maximum absolute atomic E-state index is 5.75. The molecule has 0 aliphatic heterocycles. The van der Waals surface area contributed by atoms with Crippen LogP contribution in [0.1, 0.15) is 16.1 Å². The molecule has 3 nitrogen and oxygen atoms in total. The monoisotopic (exact) mass is 267 g/mol. The Labute approximate surface area is 110 Å². The van der Waals surface area contributed by atoms with Gasteiger partial charge in [0.15, 0.2) is 0 Å². The normalized spacial score (nSPS) is 10.7. The van der Waals surface area contributed by atoms with E-state index in [4.69, 9.17) is 11.6 Å². The number of pyridine rings is 1. The van der Waals surface area contributed by atoms with Crippen molar-refractivity contribution >= 4 is 22.9 Å². The summed E-state index contributed by atoms with van der Waals surface area (Å²) >= 11 is 7.34. The maximum atomic E-state index is 5.75. The molecule has 0 radical (unpaired) electrons. The fourth-order valence-electron chi connectivity index (χ4n) is 1.57. The van der Waals surface area contributed by atoms with Crippen molar-refractivity contribution in [3.63, 3.8) is 0 Å². The predicted octanol–water partition coefficient (Wildman–Crippen LogP) is 2.83. The van der Waals surface area contributed by atoms with Crippen LogP contribution < -0.4 is 5.32 Å². The Morgan fingerprint density at radius 3 is 3.06 bits per heavy atom. The van der Waals surface area contributed by atoms with Crippen LogP contribution in [0.5, 0.6) is 0 Å². The molecular formula is C12H14ClN3S. The lowest BCUT2D eigenvalue weighted by Gasteiger charge is -2.05. The van der Waals surface area contributed by atoms with Crippen LogP contribution in [0.2, 0.25) is 5.15 Å². The molecule has 17 heavy (non-hydrogen) atoms. The van der Waals surface area contributed by atoms with Gasteiger partial charge in [-0.15, -0.1) is 11.3 Å². The van der Waals surface area contributed by atoms with Crippen LogP contribution in [0.3, 0.4) is 0 Å². The number of rotatable bonds is 5. The molecule has 2 rings (SSSR count). The molecule has 0 saturated heterocycles. The van der Waals surface area contributed by atoms with E-state index in [9.17, 15) is 0 Å². The van der Waals surface area contributed by atoms with Crippen molar-refractivity contribution in [1.29, 1.82) is 0 Å². The molecule has 5 heteroatoms. The van der Waals surface area contributed by atoms with Crippen LogP contribution in [-0.2, 0) is 13.0 Å². The summed E-state index contributed by atoms with van der Waals surface area (Å²) in [4.78, 5) is 8.26. The first-order valence-electron chi connectivity index (χ1n) is 5.46. The van der Waals surface area contributed by atoms with Gasteiger partial charge >= 0.3 is 0 Å². The van der Waals surface area contributed by atoms with Gasteiger partial charge in [0.1, 0.15) is 10.2 Å². The van der Waals surface area contributed by atoms with Crippen molar-refractivity contribution < 1.29 is 0 Å². The fourth-order valence-corrected chi connectivity index (χ4v) is 2.48. The molecule has 0 unspecified atom stereocenters. The van der Waals surface area contributed by atoms with Crippen LogP contribution in [-0.4, -0.2) is 16.5 Å². The molecule has 0 fully saturated rings. The van der Waals surface area contributed by atoms with Crippen molar-refractivity contribution in [1.82, 2.24) is 15.3 Å². The second kappa shape index (κ2) is 6.10. The van der Waals surface area contributed by atoms with Gasteiger partial charge in [0.2, 0.25) is 0 Å². The van der Waals surface area contributed by atoms with Gasteiger partial charge in [-0.25, -0.2) is 4.98 Å². The van der Waals surface area contributed by atoms with Crippen LogP contribution in [0.4, 0.5) is 0 Å². The van der Waals surface area contributed by atoms with Crippen LogP contribution in [0, 0.1) is 6.92 Å². The second-order valence-corrected chi connectivity index (χ2v) is 5.12. The highest BCUT2D eigenvalue weighted by atomic mass is 35.5. The Morgan fingerprint density at radius 1 is 1.47 bits per heavy atom. The van der Waals surface area contributed by atoms with Gasteiger partial charge in [-0.2, -0.15) is 0 Å². The summed E-state index contributed by atoms with van der Waals surface area (Å²) in [6.45, 7) is 3.80. The summed E-state index contributed by atoms with van der Waals surface area (Å²) in [7, 11) is 0. The minimum Gasteiger partial charge on any atom is -0.310 e. The number of nitrogens with one attached hydrogen (secondary N) is 1. The van der Waals surface area contributed by atoms with Gasteiger partial charge in [0.25, 0.3) is 0 Å². The zero-order chi connectivity index (χ0) is 12.1. The van der Waals surface area contributed by atoms with E-state index in [0.29, 0.717) is 5.15 Å². The molecule has 0 aromatic carbocycles. The molecule has 0 bridgehead atoms. The van der Waals surface area contributed by atoms with Gasteiger partial charge in [0, 0.05) is 24.3 Å². The summed E-state index contributed by atoms with van der Waals surface area (Å²) < 4.78 is 0. The maximum Gasteiger partial charge on any atom is 0.140 e. The van der Waals surface area contributed by atoms with Crippen molar-refractivity contribution in [2.75, 3.05) is 6.54 Å². The first-order valence-corrected chi connectivity index (χ1v) is 6.71. The van der Waals surface area contributed by atoms with E-state index in [1.165, 1.54) is 11.1 Å². The number of hydrogen-bond donors (Lipinski definition) is 1. The van der Waals surface area contributed by atoms with E-state index in [1.807, 2.05) is 17.8 Å². The predicted molar refractivity (Wildman–Crippen MR) is 71.5 cm³/mol. The van der Waals surface area contributed by atoms with Crippen molar-refractivity contribution in [3.05, 3.63) is 45.1 Å². The zero-order valence-electron chi connectivity index (χ0n) is 9.61. The number of halogens is 1. The smallest absolute Gasteiger partial charge is 0.140 e. The van der Waals surface area contributed by atoms with Gasteiger partial charge in [-0.3, -0.25) is 4.98 Å². The Balaban J connectivity index is 1.75. The Hall–Kier alpha value is -0.970. The molecule has 0 saturated carbocycles. The highest BCUT2D eigenvalue weighted by Gasteiger charge is 2.00. The van der Waals surface area contributed by atoms with Crippen molar-refractivity contribution in [2.45, 2.75) is 19.9 Å². The quantitative estimate of drug-likeness (QED) is 0.847. The molecule has 2 aromatic rings. The van der Waals surface area contributed by atoms with E-state index < -0.39 is 0 Å². The molecule has 0 aliphatic carbocycles. The topological polar surface area (TPSA) is 37.8 Å². The van der Waals surface area contributed by atoms with Gasteiger partial charge in [-0.1, -0.05) is 11.6 Å². The largest absolute Gasteiger partial charge is 0.310 e. The summed E-state index contributed by atoms with van der Waals surface area (Å²) in [5.74, 6) is 0. The molecule has 2 heterocycles. The lowest BCUT2D eigenvalue weighted by molar-refractivity contribution is 0.682. The first-order chi connectivity index (χ1) is 8.25. The van der Waals surface area contributed by atoms with Crippen LogP contribution in [0.25, 0.3) is 0 Å². The van der Waals surface area contributed by atoms with Crippen molar-refractivity contribution in [2.24, 2.45) is 0 Å². The minimum atomic E-state index is 0.580. The zero-order valence-corrected chi connectivity index (χ0v) is 11.2. The number of hydrogen-bond acceptors (Lipinski definition) is 4. The Kier molecular flexibility index (Phi) is 4.48. The lowest BCUT2D eigenvalue weighted by Crippen LogP contribution is -2.16. The lowest BCUT2D eigenvalue weighted by atomic mass is 10.1. The average molecular weight is 268 g/mol. The van der Waals surface area contributed by atoms with Gasteiger partial charge in [-0.05, 0) is 37.1 Å². The highest BCUT2D eigenvalue weighted by molar-refractivity contribution is 7.10. The molecule has 0 aliphatic rings. The van der Waals surface area contributed by atoms with Gasteiger partial charge < -0.3 is 5.32 Å². The Morgan fingerprint density at radius 2 is 2.35 bits per heavy atom. The second-order valence-electron chi connectivity index (χ2n) is 3.79. The van der Waals surface area contributed by atoms with E-state index in [1.54, 1.807) is 11.3 Å². The standard InChI is InChI=1S/C12H14ClN3S/c1-9-6-14-4-2-10(9)3-5-15-7-12-16-11(13)8-17-12/h2,4,6,8,15H,3,5,7H2,1H3. The molecule has 0 spiro atoms. The minimum absolute atomic E-state index is 0.580. The van der Waals surface area contributed by atoms with E-state index >= 15 is 0 Å². The SMILES string of the molecule is Cc1cnccc1CCNCc1nc(Cl)cs1. The number of nitrogens with zero attached hydrogens (tertiary/aromatic N) is 2. The first kappa shape index (κ1) is 12.5. The summed E-state index contributed by atoms with van der Waals surface area (Å²) in [5.41, 5.74) is 2.58. The van der Waals surface area contributed by atoms with E-state index in [-0.39, 0.29) is 0 Å². The molecule has 90 valence electrons. The van der Waals surface area contributed by atoms with Crippen LogP contribution in [0.15, 0.2) is 23.8 Å². The third-order valence-electron chi connectivity index (χ3n) is 2.51. The molecule has 0 atom stereocenters. The number of aromatic nitrogens is 2. The molecule has 0 amide bonds. The fraction of sp³-hybridized carbons (Fsp3) is 0.333. The Bertz CT molecular complexity index is 484. The number of thiazole rings is 1. The molecule has 2 aromatic heterocycles. The highest BCUT2D eigenvalue weighted by Crippen LogP contribution is 2.13. The van der Waals surface area contributed by atoms with Crippen molar-refractivity contribution in [3.8, 4) is 0 Å². The third kappa shape index (κ3) is 3.77. The number of aryl methyl sites for hydroxylation is 1. The molecular weight excluding hydrogens is 254 g/mol. The van der Waals surface area contributed by atoms with Gasteiger partial charge in [0.05, 0.1) is 0 Å². The van der Waals surface area contributed by atoms with E-state index in [2.05, 4.69) is 28.3 Å². The summed E-state index contributed by atoms with van der Waals surface area (Å²) in [6, 6.07) is 2.07. The summed E-state index contributed by atoms with van der Waals surface area (Å²) in [6.07, 6.45) is 4.74. The van der Waals surface area contributed by atoms with E-state index in [0.717, 1.165) is 24.5 Å². The summed E-state index contributed by atoms with van der Waals surface area (Å²) in [5, 5.41) is 6.82.